The van der Waals surface area contributed by atoms with Crippen LogP contribution in [0.2, 0.25) is 0 Å². The molecule has 0 saturated carbocycles. The van der Waals surface area contributed by atoms with Crippen LogP contribution in [0.25, 0.3) is 0 Å². The maximum atomic E-state index is 12.9. The number of rotatable bonds is 4. The van der Waals surface area contributed by atoms with Gasteiger partial charge in [0.2, 0.25) is 5.91 Å². The van der Waals surface area contributed by atoms with E-state index in [-0.39, 0.29) is 11.8 Å². The van der Waals surface area contributed by atoms with Crippen LogP contribution in [-0.2, 0) is 11.2 Å². The average molecular weight is 404 g/mol. The van der Waals surface area contributed by atoms with Gasteiger partial charge in [0.15, 0.2) is 0 Å². The summed E-state index contributed by atoms with van der Waals surface area (Å²) >= 11 is 1.46. The van der Waals surface area contributed by atoms with Gasteiger partial charge in [0, 0.05) is 35.9 Å². The number of aryl methyl sites for hydroxylation is 1. The quantitative estimate of drug-likeness (QED) is 0.681. The third-order valence-electron chi connectivity index (χ3n) is 4.81. The van der Waals surface area contributed by atoms with Crippen molar-refractivity contribution < 1.29 is 9.59 Å². The highest BCUT2D eigenvalue weighted by Gasteiger charge is 2.21. The van der Waals surface area contributed by atoms with Gasteiger partial charge in [-0.3, -0.25) is 9.59 Å². The Morgan fingerprint density at radius 3 is 2.69 bits per heavy atom. The molecule has 6 heteroatoms. The van der Waals surface area contributed by atoms with E-state index >= 15 is 0 Å². The van der Waals surface area contributed by atoms with Gasteiger partial charge in [-0.1, -0.05) is 30.0 Å². The Kier molecular flexibility index (Phi) is 5.62. The molecule has 0 aliphatic carbocycles. The summed E-state index contributed by atoms with van der Waals surface area (Å²) in [5.41, 5.74) is 3.26. The first-order valence-electron chi connectivity index (χ1n) is 9.52. The molecule has 3 aromatic rings. The highest BCUT2D eigenvalue weighted by atomic mass is 32.2. The maximum Gasteiger partial charge on any atom is 0.258 e. The van der Waals surface area contributed by atoms with Crippen LogP contribution in [0.1, 0.15) is 29.3 Å². The first-order chi connectivity index (χ1) is 14.1. The molecule has 1 N–H and O–H groups in total. The van der Waals surface area contributed by atoms with Crippen molar-refractivity contribution in [1.29, 1.82) is 0 Å². The second kappa shape index (κ2) is 8.49. The second-order valence-corrected chi connectivity index (χ2v) is 7.91. The molecule has 0 bridgehead atoms. The molecule has 1 aromatic heterocycles. The van der Waals surface area contributed by atoms with Crippen molar-refractivity contribution in [2.24, 2.45) is 0 Å². The van der Waals surface area contributed by atoms with E-state index in [1.807, 2.05) is 48.5 Å². The molecule has 0 radical (unpaired) electrons. The predicted octanol–water partition coefficient (Wildman–Crippen LogP) is 4.78. The lowest BCUT2D eigenvalue weighted by atomic mass is 10.0. The number of carbonyl (C=O) groups is 2. The molecular weight excluding hydrogens is 382 g/mol. The number of pyridine rings is 1. The van der Waals surface area contributed by atoms with E-state index in [1.54, 1.807) is 30.2 Å². The Morgan fingerprint density at radius 1 is 1.07 bits per heavy atom. The van der Waals surface area contributed by atoms with E-state index < -0.39 is 0 Å². The Bertz CT molecular complexity index is 1050. The number of aromatic nitrogens is 1. The highest BCUT2D eigenvalue weighted by molar-refractivity contribution is 7.99. The fourth-order valence-corrected chi connectivity index (χ4v) is 4.35. The molecule has 1 aliphatic heterocycles. The Morgan fingerprint density at radius 2 is 1.90 bits per heavy atom. The molecule has 0 spiro atoms. The van der Waals surface area contributed by atoms with Crippen LogP contribution >= 0.6 is 11.8 Å². The van der Waals surface area contributed by atoms with Gasteiger partial charge in [0.25, 0.3) is 5.91 Å². The highest BCUT2D eigenvalue weighted by Crippen LogP contribution is 2.31. The van der Waals surface area contributed by atoms with Gasteiger partial charge in [-0.25, -0.2) is 4.98 Å². The average Bonchev–Trinajstić information content (AvgIpc) is 2.74. The minimum absolute atomic E-state index is 0.0423. The Hall–Kier alpha value is -3.12. The number of anilines is 2. The molecule has 4 rings (SSSR count). The molecule has 0 fully saturated rings. The maximum absolute atomic E-state index is 12.9. The predicted molar refractivity (Wildman–Crippen MR) is 116 cm³/mol. The smallest absolute Gasteiger partial charge is 0.258 e. The summed E-state index contributed by atoms with van der Waals surface area (Å²) in [5.74, 6) is -0.156. The summed E-state index contributed by atoms with van der Waals surface area (Å²) < 4.78 is 0. The largest absolute Gasteiger partial charge is 0.322 e. The molecule has 2 heterocycles. The lowest BCUT2D eigenvalue weighted by molar-refractivity contribution is -0.116. The number of hydrogen-bond donors (Lipinski definition) is 1. The Balaban J connectivity index is 1.55. The third kappa shape index (κ3) is 4.32. The zero-order valence-electron chi connectivity index (χ0n) is 16.1. The zero-order chi connectivity index (χ0) is 20.2. The first kappa shape index (κ1) is 19.2. The van der Waals surface area contributed by atoms with Gasteiger partial charge in [-0.2, -0.15) is 0 Å². The van der Waals surface area contributed by atoms with Crippen molar-refractivity contribution in [2.75, 3.05) is 16.8 Å². The molecule has 5 nitrogen and oxygen atoms in total. The van der Waals surface area contributed by atoms with Crippen molar-refractivity contribution in [3.05, 3.63) is 78.0 Å². The van der Waals surface area contributed by atoms with Gasteiger partial charge in [0.1, 0.15) is 5.03 Å². The van der Waals surface area contributed by atoms with Gasteiger partial charge < -0.3 is 10.2 Å². The molecule has 2 amide bonds. The van der Waals surface area contributed by atoms with Gasteiger partial charge >= 0.3 is 0 Å². The van der Waals surface area contributed by atoms with E-state index in [1.165, 1.54) is 11.8 Å². The number of hydrogen-bond acceptors (Lipinski definition) is 4. The topological polar surface area (TPSA) is 62.3 Å². The van der Waals surface area contributed by atoms with Gasteiger partial charge in [-0.15, -0.1) is 0 Å². The number of nitrogens with zero attached hydrogens (tertiary/aromatic N) is 2. The van der Waals surface area contributed by atoms with E-state index in [4.69, 9.17) is 0 Å². The lowest BCUT2D eigenvalue weighted by Gasteiger charge is -2.29. The minimum Gasteiger partial charge on any atom is -0.322 e. The molecule has 0 unspecified atom stereocenters. The lowest BCUT2D eigenvalue weighted by Crippen LogP contribution is -2.33. The van der Waals surface area contributed by atoms with Crippen LogP contribution in [0.4, 0.5) is 11.4 Å². The number of fused-ring (bicyclic) bond motifs is 1. The SMILES string of the molecule is CC(=O)N1CCCc2cc(NC(=O)c3cccnc3Sc3ccccc3)ccc21. The fourth-order valence-electron chi connectivity index (χ4n) is 3.45. The van der Waals surface area contributed by atoms with Crippen LogP contribution in [0.3, 0.4) is 0 Å². The monoisotopic (exact) mass is 403 g/mol. The third-order valence-corrected chi connectivity index (χ3v) is 5.84. The van der Waals surface area contributed by atoms with E-state index in [0.717, 1.165) is 41.2 Å². The molecule has 146 valence electrons. The van der Waals surface area contributed by atoms with Gasteiger partial charge in [0.05, 0.1) is 5.56 Å². The van der Waals surface area contributed by atoms with Crippen LogP contribution in [-0.4, -0.2) is 23.3 Å². The summed E-state index contributed by atoms with van der Waals surface area (Å²) in [6, 6.07) is 19.1. The molecular formula is C23H21N3O2S. The van der Waals surface area contributed by atoms with Crippen molar-refractivity contribution in [3.8, 4) is 0 Å². The van der Waals surface area contributed by atoms with Crippen molar-refractivity contribution in [3.63, 3.8) is 0 Å². The first-order valence-corrected chi connectivity index (χ1v) is 10.3. The van der Waals surface area contributed by atoms with E-state index in [9.17, 15) is 9.59 Å². The van der Waals surface area contributed by atoms with Crippen LogP contribution in [0, 0.1) is 0 Å². The Labute approximate surface area is 174 Å². The molecule has 0 saturated heterocycles. The molecule has 0 atom stereocenters. The summed E-state index contributed by atoms with van der Waals surface area (Å²) in [7, 11) is 0. The summed E-state index contributed by atoms with van der Waals surface area (Å²) in [6.45, 7) is 2.32. The second-order valence-electron chi connectivity index (χ2n) is 6.84. The van der Waals surface area contributed by atoms with Gasteiger partial charge in [-0.05, 0) is 60.9 Å². The number of nitrogens with one attached hydrogen (secondary N) is 1. The van der Waals surface area contributed by atoms with Crippen LogP contribution < -0.4 is 10.2 Å². The summed E-state index contributed by atoms with van der Waals surface area (Å²) in [6.07, 6.45) is 3.51. The summed E-state index contributed by atoms with van der Waals surface area (Å²) in [5, 5.41) is 3.65. The van der Waals surface area contributed by atoms with Crippen LogP contribution in [0.5, 0.6) is 0 Å². The fraction of sp³-hybridized carbons (Fsp3) is 0.174. The zero-order valence-corrected chi connectivity index (χ0v) is 16.9. The number of benzene rings is 2. The summed E-state index contributed by atoms with van der Waals surface area (Å²) in [4.78, 5) is 32.0. The number of carbonyl (C=O) groups excluding carboxylic acids is 2. The molecule has 2 aromatic carbocycles. The molecule has 1 aliphatic rings. The minimum atomic E-state index is -0.198. The van der Waals surface area contributed by atoms with Crippen LogP contribution in [0.15, 0.2) is 76.8 Å². The van der Waals surface area contributed by atoms with Crippen molar-refractivity contribution in [1.82, 2.24) is 4.98 Å². The van der Waals surface area contributed by atoms with E-state index in [2.05, 4.69) is 10.3 Å². The standard InChI is InChI=1S/C23H21N3O2S/c1-16(27)26-14-6-7-17-15-18(11-12-21(17)26)25-22(28)20-10-5-13-24-23(20)29-19-8-3-2-4-9-19/h2-5,8-13,15H,6-7,14H2,1H3,(H,25,28). The molecule has 29 heavy (non-hydrogen) atoms. The van der Waals surface area contributed by atoms with Crippen molar-refractivity contribution in [2.45, 2.75) is 29.7 Å². The van der Waals surface area contributed by atoms with Crippen molar-refractivity contribution >= 4 is 35.0 Å². The van der Waals surface area contributed by atoms with E-state index in [0.29, 0.717) is 10.6 Å². The normalized spacial score (nSPS) is 12.9. The number of amides is 2.